The molecule has 1 fully saturated rings. The Hall–Kier alpha value is -0.610. The number of nitrogens with one attached hydrogen (secondary N) is 1. The van der Waals surface area contributed by atoms with Crippen molar-refractivity contribution < 1.29 is 9.53 Å². The SMILES string of the molecule is CC(NC(=O)CCCCCCN)C1CCOC1. The van der Waals surface area contributed by atoms with Crippen LogP contribution >= 0.6 is 0 Å². The van der Waals surface area contributed by atoms with Gasteiger partial charge in [0.1, 0.15) is 0 Å². The van der Waals surface area contributed by atoms with Crippen molar-refractivity contribution in [3.8, 4) is 0 Å². The molecule has 0 aliphatic carbocycles. The van der Waals surface area contributed by atoms with E-state index in [9.17, 15) is 4.79 Å². The van der Waals surface area contributed by atoms with E-state index >= 15 is 0 Å². The van der Waals surface area contributed by atoms with Crippen LogP contribution in [0.2, 0.25) is 0 Å². The minimum Gasteiger partial charge on any atom is -0.381 e. The van der Waals surface area contributed by atoms with Crippen LogP contribution in [0.4, 0.5) is 0 Å². The van der Waals surface area contributed by atoms with Crippen LogP contribution in [0.5, 0.6) is 0 Å². The van der Waals surface area contributed by atoms with Crippen LogP contribution in [0.3, 0.4) is 0 Å². The minimum atomic E-state index is 0.178. The molecule has 100 valence electrons. The Bertz CT molecular complexity index is 215. The highest BCUT2D eigenvalue weighted by Crippen LogP contribution is 2.16. The number of nitrogens with two attached hydrogens (primary N) is 1. The van der Waals surface area contributed by atoms with E-state index in [1.807, 2.05) is 0 Å². The van der Waals surface area contributed by atoms with Gasteiger partial charge in [-0.3, -0.25) is 4.79 Å². The number of amides is 1. The van der Waals surface area contributed by atoms with Gasteiger partial charge in [-0.15, -0.1) is 0 Å². The monoisotopic (exact) mass is 242 g/mol. The van der Waals surface area contributed by atoms with Crippen molar-refractivity contribution in [2.75, 3.05) is 19.8 Å². The van der Waals surface area contributed by atoms with E-state index in [1.54, 1.807) is 0 Å². The van der Waals surface area contributed by atoms with Crippen LogP contribution < -0.4 is 11.1 Å². The molecule has 1 heterocycles. The molecular weight excluding hydrogens is 216 g/mol. The van der Waals surface area contributed by atoms with Gasteiger partial charge in [0, 0.05) is 25.0 Å². The van der Waals surface area contributed by atoms with Gasteiger partial charge in [0.2, 0.25) is 5.91 Å². The van der Waals surface area contributed by atoms with Gasteiger partial charge in [-0.05, 0) is 32.7 Å². The molecule has 1 rings (SSSR count). The highest BCUT2D eigenvalue weighted by atomic mass is 16.5. The first-order chi connectivity index (χ1) is 8.24. The number of hydrogen-bond acceptors (Lipinski definition) is 3. The number of ether oxygens (including phenoxy) is 1. The summed E-state index contributed by atoms with van der Waals surface area (Å²) in [5, 5.41) is 3.07. The van der Waals surface area contributed by atoms with Crippen molar-refractivity contribution in [3.63, 3.8) is 0 Å². The smallest absolute Gasteiger partial charge is 0.220 e. The molecule has 1 aliphatic rings. The Balaban J connectivity index is 2.03. The average Bonchev–Trinajstić information content (AvgIpc) is 2.82. The second kappa shape index (κ2) is 8.48. The van der Waals surface area contributed by atoms with Crippen molar-refractivity contribution >= 4 is 5.91 Å². The minimum absolute atomic E-state index is 0.178. The highest BCUT2D eigenvalue weighted by Gasteiger charge is 2.23. The first-order valence-electron chi connectivity index (χ1n) is 6.81. The molecule has 4 heteroatoms. The Morgan fingerprint density at radius 2 is 2.18 bits per heavy atom. The lowest BCUT2D eigenvalue weighted by Gasteiger charge is -2.19. The molecular formula is C13H26N2O2. The Labute approximate surface area is 104 Å². The average molecular weight is 242 g/mol. The lowest BCUT2D eigenvalue weighted by Crippen LogP contribution is -2.38. The molecule has 1 saturated heterocycles. The molecule has 0 bridgehead atoms. The van der Waals surface area contributed by atoms with Gasteiger partial charge in [0.15, 0.2) is 0 Å². The number of rotatable bonds is 8. The van der Waals surface area contributed by atoms with Gasteiger partial charge in [0.05, 0.1) is 6.61 Å². The molecule has 0 saturated carbocycles. The predicted molar refractivity (Wildman–Crippen MR) is 68.7 cm³/mol. The Morgan fingerprint density at radius 3 is 2.82 bits per heavy atom. The number of unbranched alkanes of at least 4 members (excludes halogenated alkanes) is 3. The molecule has 0 radical (unpaired) electrons. The van der Waals surface area contributed by atoms with Crippen LogP contribution in [0.1, 0.15) is 45.4 Å². The van der Waals surface area contributed by atoms with Crippen molar-refractivity contribution in [2.45, 2.75) is 51.5 Å². The molecule has 0 spiro atoms. The largest absolute Gasteiger partial charge is 0.381 e. The fourth-order valence-electron chi connectivity index (χ4n) is 2.17. The fourth-order valence-corrected chi connectivity index (χ4v) is 2.17. The molecule has 3 N–H and O–H groups in total. The normalized spacial score (nSPS) is 21.4. The second-order valence-corrected chi connectivity index (χ2v) is 4.93. The first kappa shape index (κ1) is 14.5. The van der Waals surface area contributed by atoms with Gasteiger partial charge in [-0.2, -0.15) is 0 Å². The lowest BCUT2D eigenvalue weighted by atomic mass is 10.0. The second-order valence-electron chi connectivity index (χ2n) is 4.93. The molecule has 1 aliphatic heterocycles. The summed E-state index contributed by atoms with van der Waals surface area (Å²) in [5.74, 6) is 0.674. The van der Waals surface area contributed by atoms with Crippen molar-refractivity contribution in [2.24, 2.45) is 11.7 Å². The van der Waals surface area contributed by atoms with Crippen LogP contribution in [-0.4, -0.2) is 31.7 Å². The van der Waals surface area contributed by atoms with E-state index in [2.05, 4.69) is 12.2 Å². The molecule has 1 amide bonds. The van der Waals surface area contributed by atoms with E-state index < -0.39 is 0 Å². The van der Waals surface area contributed by atoms with E-state index in [0.29, 0.717) is 12.3 Å². The van der Waals surface area contributed by atoms with Crippen molar-refractivity contribution in [3.05, 3.63) is 0 Å². The Kier molecular flexibility index (Phi) is 7.21. The fraction of sp³-hybridized carbons (Fsp3) is 0.923. The molecule has 0 aromatic carbocycles. The summed E-state index contributed by atoms with van der Waals surface area (Å²) in [6.45, 7) is 4.46. The predicted octanol–water partition coefficient (Wildman–Crippen LogP) is 1.44. The summed E-state index contributed by atoms with van der Waals surface area (Å²) < 4.78 is 5.32. The van der Waals surface area contributed by atoms with Gasteiger partial charge in [-0.25, -0.2) is 0 Å². The van der Waals surface area contributed by atoms with Crippen molar-refractivity contribution in [1.82, 2.24) is 5.32 Å². The van der Waals surface area contributed by atoms with Gasteiger partial charge < -0.3 is 15.8 Å². The summed E-state index contributed by atoms with van der Waals surface area (Å²) >= 11 is 0. The van der Waals surface area contributed by atoms with Crippen LogP contribution in [0, 0.1) is 5.92 Å². The van der Waals surface area contributed by atoms with Gasteiger partial charge in [-0.1, -0.05) is 12.8 Å². The third-order valence-corrected chi connectivity index (χ3v) is 3.42. The molecule has 2 atom stereocenters. The molecule has 0 aromatic rings. The quantitative estimate of drug-likeness (QED) is 0.633. The number of carbonyl (C=O) groups excluding carboxylic acids is 1. The summed E-state index contributed by atoms with van der Waals surface area (Å²) in [4.78, 5) is 11.7. The Morgan fingerprint density at radius 1 is 1.41 bits per heavy atom. The van der Waals surface area contributed by atoms with Crippen LogP contribution in [0.15, 0.2) is 0 Å². The standard InChI is InChI=1S/C13H26N2O2/c1-11(12-7-9-17-10-12)15-13(16)6-4-2-3-5-8-14/h11-12H,2-10,14H2,1H3,(H,15,16). The number of carbonyl (C=O) groups is 1. The molecule has 2 unspecified atom stereocenters. The van der Waals surface area contributed by atoms with Gasteiger partial charge >= 0.3 is 0 Å². The van der Waals surface area contributed by atoms with E-state index in [4.69, 9.17) is 10.5 Å². The zero-order chi connectivity index (χ0) is 12.5. The maximum absolute atomic E-state index is 11.7. The van der Waals surface area contributed by atoms with Crippen LogP contribution in [-0.2, 0) is 9.53 Å². The van der Waals surface area contributed by atoms with E-state index in [1.165, 1.54) is 0 Å². The maximum Gasteiger partial charge on any atom is 0.220 e. The highest BCUT2D eigenvalue weighted by molar-refractivity contribution is 5.76. The van der Waals surface area contributed by atoms with E-state index in [0.717, 1.165) is 51.9 Å². The summed E-state index contributed by atoms with van der Waals surface area (Å²) in [6, 6.07) is 0.244. The van der Waals surface area contributed by atoms with Gasteiger partial charge in [0.25, 0.3) is 0 Å². The maximum atomic E-state index is 11.7. The first-order valence-corrected chi connectivity index (χ1v) is 6.81. The third-order valence-electron chi connectivity index (χ3n) is 3.42. The lowest BCUT2D eigenvalue weighted by molar-refractivity contribution is -0.122. The molecule has 4 nitrogen and oxygen atoms in total. The van der Waals surface area contributed by atoms with E-state index in [-0.39, 0.29) is 11.9 Å². The molecule has 0 aromatic heterocycles. The van der Waals surface area contributed by atoms with Crippen molar-refractivity contribution in [1.29, 1.82) is 0 Å². The summed E-state index contributed by atoms with van der Waals surface area (Å²) in [5.41, 5.74) is 5.42. The number of hydrogen-bond donors (Lipinski definition) is 2. The zero-order valence-corrected chi connectivity index (χ0v) is 10.9. The summed E-state index contributed by atoms with van der Waals surface area (Å²) in [6.07, 6.45) is 5.99. The third kappa shape index (κ3) is 6.03. The molecule has 17 heavy (non-hydrogen) atoms. The topological polar surface area (TPSA) is 64.4 Å². The summed E-state index contributed by atoms with van der Waals surface area (Å²) in [7, 11) is 0. The zero-order valence-electron chi connectivity index (χ0n) is 10.9. The van der Waals surface area contributed by atoms with Crippen LogP contribution in [0.25, 0.3) is 0 Å².